The monoisotopic (exact) mass is 528 g/mol. The SMILES string of the molecule is [B]NC(=O)CCCCNC(=O)[C@H](CC(=O)NCCCCNC(=O)N([B])[B])NC(=O)CCCCC(=O)C(C)C. The van der Waals surface area contributed by atoms with Crippen molar-refractivity contribution in [3.05, 3.63) is 0 Å². The lowest BCUT2D eigenvalue weighted by atomic mass is 10.0. The van der Waals surface area contributed by atoms with Gasteiger partial charge >= 0.3 is 0 Å². The average molecular weight is 528 g/mol. The van der Waals surface area contributed by atoms with E-state index in [9.17, 15) is 28.8 Å². The molecule has 0 heterocycles. The zero-order chi connectivity index (χ0) is 28.9. The predicted octanol–water partition coefficient (Wildman–Crippen LogP) is -0.792. The molecule has 0 rings (SSSR count). The molecule has 0 spiro atoms. The summed E-state index contributed by atoms with van der Waals surface area (Å²) in [5.74, 6) is -1.56. The quantitative estimate of drug-likeness (QED) is 0.103. The Morgan fingerprint density at radius 3 is 1.82 bits per heavy atom. The van der Waals surface area contributed by atoms with Crippen LogP contribution >= 0.6 is 0 Å². The highest BCUT2D eigenvalue weighted by atomic mass is 16.2. The first kappa shape index (κ1) is 35.0. The molecule has 5 N–H and O–H groups in total. The number of amides is 6. The normalized spacial score (nSPS) is 11.2. The van der Waals surface area contributed by atoms with E-state index in [4.69, 9.17) is 23.9 Å². The van der Waals surface area contributed by atoms with E-state index in [0.29, 0.717) is 62.8 Å². The number of hydrogen-bond donors (Lipinski definition) is 5. The molecule has 0 aliphatic rings. The second kappa shape index (κ2) is 21.0. The number of Topliss-reactive ketones (excluding diaryl/α,β-unsaturated/α-hetero) is 1. The maximum Gasteiger partial charge on any atom is 0.291 e. The van der Waals surface area contributed by atoms with Gasteiger partial charge in [0.2, 0.25) is 47.6 Å². The van der Waals surface area contributed by atoms with E-state index in [1.165, 1.54) is 0 Å². The van der Waals surface area contributed by atoms with E-state index >= 15 is 0 Å². The molecule has 0 saturated carbocycles. The van der Waals surface area contributed by atoms with E-state index in [0.717, 1.165) is 0 Å². The van der Waals surface area contributed by atoms with Crippen molar-refractivity contribution in [2.45, 2.75) is 84.1 Å². The fourth-order valence-corrected chi connectivity index (χ4v) is 3.19. The van der Waals surface area contributed by atoms with Crippen molar-refractivity contribution in [2.75, 3.05) is 19.6 Å². The molecule has 15 heteroatoms. The molecule has 0 fully saturated rings. The van der Waals surface area contributed by atoms with Gasteiger partial charge in [0, 0.05) is 44.8 Å². The van der Waals surface area contributed by atoms with E-state index < -0.39 is 23.9 Å². The first-order valence-corrected chi connectivity index (χ1v) is 12.9. The van der Waals surface area contributed by atoms with Gasteiger partial charge in [-0.05, 0) is 38.5 Å². The highest BCUT2D eigenvalue weighted by molar-refractivity contribution is 6.33. The smallest absolute Gasteiger partial charge is 0.291 e. The van der Waals surface area contributed by atoms with Crippen LogP contribution in [-0.2, 0) is 24.0 Å². The Labute approximate surface area is 229 Å². The Morgan fingerprint density at radius 1 is 0.684 bits per heavy atom. The summed E-state index contributed by atoms with van der Waals surface area (Å²) in [7, 11) is 15.2. The molecule has 6 radical (unpaired) electrons. The maximum absolute atomic E-state index is 12.7. The summed E-state index contributed by atoms with van der Waals surface area (Å²) in [6.07, 6.45) is 3.64. The van der Waals surface area contributed by atoms with Gasteiger partial charge in [0.15, 0.2) is 0 Å². The minimum atomic E-state index is -1.08. The molecule has 0 aromatic rings. The molecule has 6 amide bonds. The van der Waals surface area contributed by atoms with Crippen LogP contribution in [0.2, 0.25) is 0 Å². The third-order valence-corrected chi connectivity index (χ3v) is 5.49. The molecule has 0 aliphatic carbocycles. The van der Waals surface area contributed by atoms with Gasteiger partial charge in [-0.1, -0.05) is 13.8 Å². The van der Waals surface area contributed by atoms with E-state index in [2.05, 4.69) is 21.3 Å². The van der Waals surface area contributed by atoms with Crippen molar-refractivity contribution in [1.29, 1.82) is 0 Å². The molecule has 0 aromatic carbocycles. The van der Waals surface area contributed by atoms with Gasteiger partial charge in [-0.15, -0.1) is 0 Å². The number of carbonyl (C=O) groups excluding carboxylic acids is 6. The molecule has 0 saturated heterocycles. The summed E-state index contributed by atoms with van der Waals surface area (Å²) in [5.41, 5.74) is 0. The van der Waals surface area contributed by atoms with Crippen LogP contribution in [0.1, 0.15) is 78.1 Å². The lowest BCUT2D eigenvalue weighted by molar-refractivity contribution is -0.132. The molecule has 0 aliphatic heterocycles. The summed E-state index contributed by atoms with van der Waals surface area (Å²) in [6, 6.07) is -1.71. The van der Waals surface area contributed by atoms with E-state index in [1.807, 2.05) is 19.1 Å². The minimum Gasteiger partial charge on any atom is -0.431 e. The number of urea groups is 1. The number of ketones is 1. The zero-order valence-corrected chi connectivity index (χ0v) is 22.5. The first-order valence-electron chi connectivity index (χ1n) is 12.9. The fourth-order valence-electron chi connectivity index (χ4n) is 3.19. The minimum absolute atomic E-state index is 0.0545. The largest absolute Gasteiger partial charge is 0.431 e. The van der Waals surface area contributed by atoms with Gasteiger partial charge in [0.25, 0.3) is 6.03 Å². The number of nitrogens with one attached hydrogen (secondary N) is 5. The van der Waals surface area contributed by atoms with Gasteiger partial charge in [-0.3, -0.25) is 28.8 Å². The van der Waals surface area contributed by atoms with Crippen molar-refractivity contribution < 1.29 is 28.8 Å². The highest BCUT2D eigenvalue weighted by Gasteiger charge is 2.23. The van der Waals surface area contributed by atoms with Crippen LogP contribution in [0.15, 0.2) is 0 Å². The molecule has 1 atom stereocenters. The molecule has 0 bridgehead atoms. The predicted molar refractivity (Wildman–Crippen MR) is 145 cm³/mol. The van der Waals surface area contributed by atoms with E-state index in [1.54, 1.807) is 0 Å². The number of rotatable bonds is 20. The Hall–Kier alpha value is -2.99. The second-order valence-corrected chi connectivity index (χ2v) is 9.16. The van der Waals surface area contributed by atoms with Crippen LogP contribution in [0.3, 0.4) is 0 Å². The Balaban J connectivity index is 4.64. The summed E-state index contributed by atoms with van der Waals surface area (Å²) < 4.78 is 0.434. The third kappa shape index (κ3) is 18.3. The van der Waals surface area contributed by atoms with Crippen LogP contribution < -0.4 is 26.5 Å². The lowest BCUT2D eigenvalue weighted by Gasteiger charge is -2.18. The molecule has 206 valence electrons. The maximum atomic E-state index is 12.7. The second-order valence-electron chi connectivity index (χ2n) is 9.16. The first-order chi connectivity index (χ1) is 18.0. The Bertz CT molecular complexity index is 785. The van der Waals surface area contributed by atoms with Gasteiger partial charge in [0.1, 0.15) is 11.8 Å². The van der Waals surface area contributed by atoms with Crippen molar-refractivity contribution in [3.8, 4) is 0 Å². The molecular weight excluding hydrogens is 489 g/mol. The number of unbranched alkanes of at least 4 members (excludes halogenated alkanes) is 3. The molecule has 0 aromatic heterocycles. The van der Waals surface area contributed by atoms with E-state index in [-0.39, 0.29) is 49.3 Å². The third-order valence-electron chi connectivity index (χ3n) is 5.49. The van der Waals surface area contributed by atoms with Crippen molar-refractivity contribution in [2.24, 2.45) is 5.92 Å². The lowest BCUT2D eigenvalue weighted by Crippen LogP contribution is -2.49. The number of nitrogens with zero attached hydrogens (tertiary/aromatic N) is 1. The molecular formula is C23H39B3N6O6. The Morgan fingerprint density at radius 2 is 1.21 bits per heavy atom. The number of hydrogen-bond acceptors (Lipinski definition) is 6. The van der Waals surface area contributed by atoms with Gasteiger partial charge < -0.3 is 31.2 Å². The van der Waals surface area contributed by atoms with Gasteiger partial charge in [-0.2, -0.15) is 0 Å². The summed E-state index contributed by atoms with van der Waals surface area (Å²) >= 11 is 0. The summed E-state index contributed by atoms with van der Waals surface area (Å²) in [5, 5.41) is 12.5. The summed E-state index contributed by atoms with van der Waals surface area (Å²) in [4.78, 5) is 71.6. The average Bonchev–Trinajstić information content (AvgIpc) is 2.87. The molecule has 0 unspecified atom stereocenters. The van der Waals surface area contributed by atoms with Gasteiger partial charge in [0.05, 0.1) is 6.42 Å². The van der Waals surface area contributed by atoms with Crippen LogP contribution in [0, 0.1) is 5.92 Å². The van der Waals surface area contributed by atoms with Crippen LogP contribution in [0.25, 0.3) is 0 Å². The van der Waals surface area contributed by atoms with Crippen LogP contribution in [0.5, 0.6) is 0 Å². The standard InChI is InChI=1S/C23H39B3N6O6/c1-16(2)18(33)9-3-4-10-19(34)30-17(22(37)28-13-6-5-11-20(35)31-24)15-21(36)27-12-7-8-14-29-23(38)32(25)26/h16-17H,3-15H2,1-2H3,(H,27,36)(H,28,37)(H,29,38)(H,30,34)(H,31,35)/t17-/m0/s1. The zero-order valence-electron chi connectivity index (χ0n) is 22.5. The Kier molecular flexibility index (Phi) is 19.4. The number of carbonyl (C=O) groups is 6. The van der Waals surface area contributed by atoms with Crippen molar-refractivity contribution >= 4 is 59.4 Å². The summed E-state index contributed by atoms with van der Waals surface area (Å²) in [6.45, 7) is 4.53. The van der Waals surface area contributed by atoms with Crippen molar-refractivity contribution in [3.63, 3.8) is 0 Å². The fraction of sp³-hybridized carbons (Fsp3) is 0.739. The molecule has 12 nitrogen and oxygen atoms in total. The van der Waals surface area contributed by atoms with Crippen LogP contribution in [0.4, 0.5) is 4.79 Å². The topological polar surface area (TPSA) is 166 Å². The van der Waals surface area contributed by atoms with Crippen LogP contribution in [-0.4, -0.2) is 89.8 Å². The highest BCUT2D eigenvalue weighted by Crippen LogP contribution is 2.07. The molecule has 38 heavy (non-hydrogen) atoms. The van der Waals surface area contributed by atoms with Crippen molar-refractivity contribution in [1.82, 2.24) is 31.2 Å². The van der Waals surface area contributed by atoms with Gasteiger partial charge in [-0.25, -0.2) is 0 Å².